The highest BCUT2D eigenvalue weighted by Gasteiger charge is 2.22. The van der Waals surface area contributed by atoms with Crippen molar-refractivity contribution >= 4 is 33.7 Å². The normalized spacial score (nSPS) is 13.7. The molecular formula is C21H19N3O3. The van der Waals surface area contributed by atoms with Crippen molar-refractivity contribution in [3.8, 4) is 0 Å². The second-order valence-electron chi connectivity index (χ2n) is 6.67. The van der Waals surface area contributed by atoms with E-state index >= 15 is 0 Å². The summed E-state index contributed by atoms with van der Waals surface area (Å²) in [5.41, 5.74) is 1.66. The lowest BCUT2D eigenvalue weighted by Crippen LogP contribution is -2.23. The van der Waals surface area contributed by atoms with Gasteiger partial charge in [0.15, 0.2) is 0 Å². The molecule has 1 N–H and O–H groups in total. The SMILES string of the molecule is O=C(Nc1ccc2ccccc2c1)c1cc([N+](=O)[O-])ccc1N1CCCC1. The van der Waals surface area contributed by atoms with Gasteiger partial charge in [0, 0.05) is 30.9 Å². The Bertz CT molecular complexity index is 1030. The quantitative estimate of drug-likeness (QED) is 0.544. The van der Waals surface area contributed by atoms with Gasteiger partial charge < -0.3 is 10.2 Å². The van der Waals surface area contributed by atoms with Gasteiger partial charge in [-0.1, -0.05) is 30.3 Å². The number of carbonyl (C=O) groups is 1. The third-order valence-corrected chi connectivity index (χ3v) is 4.89. The Morgan fingerprint density at radius 3 is 2.44 bits per heavy atom. The molecule has 3 aromatic rings. The van der Waals surface area contributed by atoms with Gasteiger partial charge >= 0.3 is 0 Å². The number of nitro benzene ring substituents is 1. The maximum atomic E-state index is 12.9. The molecule has 0 unspecified atom stereocenters. The summed E-state index contributed by atoms with van der Waals surface area (Å²) in [6.07, 6.45) is 2.12. The summed E-state index contributed by atoms with van der Waals surface area (Å²) in [6, 6.07) is 18.1. The highest BCUT2D eigenvalue weighted by molar-refractivity contribution is 6.09. The molecule has 1 amide bonds. The lowest BCUT2D eigenvalue weighted by molar-refractivity contribution is -0.384. The molecule has 6 nitrogen and oxygen atoms in total. The van der Waals surface area contributed by atoms with E-state index in [1.165, 1.54) is 12.1 Å². The van der Waals surface area contributed by atoms with Crippen molar-refractivity contribution in [3.05, 3.63) is 76.3 Å². The van der Waals surface area contributed by atoms with Crippen LogP contribution in [0.15, 0.2) is 60.7 Å². The molecule has 1 aliphatic heterocycles. The average Bonchev–Trinajstić information content (AvgIpc) is 3.22. The van der Waals surface area contributed by atoms with E-state index in [1.807, 2.05) is 42.5 Å². The maximum absolute atomic E-state index is 12.9. The fourth-order valence-electron chi connectivity index (χ4n) is 3.52. The first-order valence-corrected chi connectivity index (χ1v) is 8.95. The lowest BCUT2D eigenvalue weighted by Gasteiger charge is -2.21. The Balaban J connectivity index is 1.68. The van der Waals surface area contributed by atoms with Gasteiger partial charge in [0.05, 0.1) is 16.2 Å². The average molecular weight is 361 g/mol. The molecule has 0 aliphatic carbocycles. The smallest absolute Gasteiger partial charge is 0.270 e. The predicted molar refractivity (Wildman–Crippen MR) is 106 cm³/mol. The van der Waals surface area contributed by atoms with Gasteiger partial charge in [0.2, 0.25) is 0 Å². The number of benzene rings is 3. The van der Waals surface area contributed by atoms with Crippen molar-refractivity contribution < 1.29 is 9.72 Å². The summed E-state index contributed by atoms with van der Waals surface area (Å²) in [4.78, 5) is 25.8. The van der Waals surface area contributed by atoms with E-state index in [-0.39, 0.29) is 11.6 Å². The maximum Gasteiger partial charge on any atom is 0.270 e. The molecule has 6 heteroatoms. The number of anilines is 2. The molecule has 4 rings (SSSR count). The molecule has 1 heterocycles. The second kappa shape index (κ2) is 7.07. The molecule has 0 aromatic heterocycles. The van der Waals surface area contributed by atoms with Gasteiger partial charge in [-0.2, -0.15) is 0 Å². The molecule has 3 aromatic carbocycles. The molecule has 1 aliphatic rings. The van der Waals surface area contributed by atoms with Gasteiger partial charge in [0.25, 0.3) is 11.6 Å². The van der Waals surface area contributed by atoms with Crippen molar-refractivity contribution in [1.29, 1.82) is 0 Å². The van der Waals surface area contributed by atoms with Crippen LogP contribution in [0.4, 0.5) is 17.1 Å². The molecule has 27 heavy (non-hydrogen) atoms. The largest absolute Gasteiger partial charge is 0.371 e. The minimum absolute atomic E-state index is 0.0818. The Labute approximate surface area is 156 Å². The first kappa shape index (κ1) is 17.0. The van der Waals surface area contributed by atoms with E-state index in [2.05, 4.69) is 10.2 Å². The van der Waals surface area contributed by atoms with Gasteiger partial charge in [-0.05, 0) is 41.8 Å². The Hall–Kier alpha value is -3.41. The van der Waals surface area contributed by atoms with Crippen LogP contribution in [-0.2, 0) is 0 Å². The van der Waals surface area contributed by atoms with Crippen molar-refractivity contribution in [3.63, 3.8) is 0 Å². The Morgan fingerprint density at radius 2 is 1.70 bits per heavy atom. The summed E-state index contributed by atoms with van der Waals surface area (Å²) in [7, 11) is 0. The number of nitro groups is 1. The van der Waals surface area contributed by atoms with Crippen LogP contribution in [0.25, 0.3) is 10.8 Å². The van der Waals surface area contributed by atoms with E-state index in [4.69, 9.17) is 0 Å². The van der Waals surface area contributed by atoms with Crippen LogP contribution in [-0.4, -0.2) is 23.9 Å². The summed E-state index contributed by atoms with van der Waals surface area (Å²) in [6.45, 7) is 1.71. The number of carbonyl (C=O) groups excluding carboxylic acids is 1. The number of nitrogens with one attached hydrogen (secondary N) is 1. The zero-order valence-corrected chi connectivity index (χ0v) is 14.7. The lowest BCUT2D eigenvalue weighted by atomic mass is 10.1. The summed E-state index contributed by atoms with van der Waals surface area (Å²) in [5.74, 6) is -0.337. The van der Waals surface area contributed by atoms with Crippen molar-refractivity contribution in [2.24, 2.45) is 0 Å². The Morgan fingerprint density at radius 1 is 0.963 bits per heavy atom. The zero-order valence-electron chi connectivity index (χ0n) is 14.7. The number of non-ortho nitro benzene ring substituents is 1. The van der Waals surface area contributed by atoms with Gasteiger partial charge in [-0.25, -0.2) is 0 Å². The molecular weight excluding hydrogens is 342 g/mol. The molecule has 1 saturated heterocycles. The van der Waals surface area contributed by atoms with Crippen LogP contribution < -0.4 is 10.2 Å². The number of nitrogens with zero attached hydrogens (tertiary/aromatic N) is 2. The van der Waals surface area contributed by atoms with E-state index in [0.29, 0.717) is 11.3 Å². The number of amides is 1. The minimum Gasteiger partial charge on any atom is -0.371 e. The van der Waals surface area contributed by atoms with Crippen molar-refractivity contribution in [1.82, 2.24) is 0 Å². The fourth-order valence-corrected chi connectivity index (χ4v) is 3.52. The monoisotopic (exact) mass is 361 g/mol. The van der Waals surface area contributed by atoms with E-state index in [1.54, 1.807) is 6.07 Å². The van der Waals surface area contributed by atoms with Crippen LogP contribution in [0, 0.1) is 10.1 Å². The van der Waals surface area contributed by atoms with Crippen molar-refractivity contribution in [2.75, 3.05) is 23.3 Å². The molecule has 0 radical (unpaired) electrons. The summed E-state index contributed by atoms with van der Waals surface area (Å²) >= 11 is 0. The van der Waals surface area contributed by atoms with E-state index < -0.39 is 4.92 Å². The fraction of sp³-hybridized carbons (Fsp3) is 0.190. The number of hydrogen-bond donors (Lipinski definition) is 1. The zero-order chi connectivity index (χ0) is 18.8. The standard InChI is InChI=1S/C21H19N3O3/c25-21(22-17-8-7-15-5-1-2-6-16(15)13-17)19-14-18(24(26)27)9-10-20(19)23-11-3-4-12-23/h1-2,5-10,13-14H,3-4,11-12H2,(H,22,25). The molecule has 0 saturated carbocycles. The van der Waals surface area contributed by atoms with Crippen LogP contribution in [0.3, 0.4) is 0 Å². The first-order valence-electron chi connectivity index (χ1n) is 8.95. The van der Waals surface area contributed by atoms with Crippen LogP contribution in [0.5, 0.6) is 0 Å². The minimum atomic E-state index is -0.472. The topological polar surface area (TPSA) is 75.5 Å². The number of hydrogen-bond acceptors (Lipinski definition) is 4. The van der Waals surface area contributed by atoms with Crippen LogP contribution in [0.2, 0.25) is 0 Å². The first-order chi connectivity index (χ1) is 13.1. The van der Waals surface area contributed by atoms with Gasteiger partial charge in [0.1, 0.15) is 0 Å². The van der Waals surface area contributed by atoms with Crippen LogP contribution >= 0.6 is 0 Å². The van der Waals surface area contributed by atoms with Crippen LogP contribution in [0.1, 0.15) is 23.2 Å². The molecule has 1 fully saturated rings. The molecule has 0 bridgehead atoms. The van der Waals surface area contributed by atoms with Gasteiger partial charge in [-0.3, -0.25) is 14.9 Å². The highest BCUT2D eigenvalue weighted by Crippen LogP contribution is 2.29. The van der Waals surface area contributed by atoms with Crippen molar-refractivity contribution in [2.45, 2.75) is 12.8 Å². The number of fused-ring (bicyclic) bond motifs is 1. The van der Waals surface area contributed by atoms with Gasteiger partial charge in [-0.15, -0.1) is 0 Å². The summed E-state index contributed by atoms with van der Waals surface area (Å²) in [5, 5.41) is 16.2. The van der Waals surface area contributed by atoms with E-state index in [9.17, 15) is 14.9 Å². The third kappa shape index (κ3) is 3.46. The van der Waals surface area contributed by atoms with E-state index in [0.717, 1.165) is 42.4 Å². The molecule has 0 atom stereocenters. The number of rotatable bonds is 4. The molecule has 0 spiro atoms. The second-order valence-corrected chi connectivity index (χ2v) is 6.67. The molecule has 136 valence electrons. The highest BCUT2D eigenvalue weighted by atomic mass is 16.6. The predicted octanol–water partition coefficient (Wildman–Crippen LogP) is 4.60. The summed E-state index contributed by atoms with van der Waals surface area (Å²) < 4.78 is 0. The Kier molecular flexibility index (Phi) is 4.46. The third-order valence-electron chi connectivity index (χ3n) is 4.89.